The summed E-state index contributed by atoms with van der Waals surface area (Å²) in [5.74, 6) is -1.05. The number of rotatable bonds is 36. The van der Waals surface area contributed by atoms with E-state index in [0.29, 0.717) is 32.1 Å². The molecule has 0 aliphatic heterocycles. The van der Waals surface area contributed by atoms with Crippen molar-refractivity contribution in [3.63, 3.8) is 0 Å². The molecule has 0 saturated carbocycles. The minimum atomic E-state index is -4.44. The molecule has 0 aliphatic carbocycles. The Balaban J connectivity index is 4.49. The Morgan fingerprint density at radius 1 is 0.632 bits per heavy atom. The van der Waals surface area contributed by atoms with Crippen molar-refractivity contribution in [1.29, 1.82) is 0 Å². The highest BCUT2D eigenvalue weighted by Gasteiger charge is 2.26. The molecule has 0 rings (SSSR count). The first-order valence-electron chi connectivity index (χ1n) is 20.6. The lowest BCUT2D eigenvalue weighted by Crippen LogP contribution is -2.29. The number of esters is 2. The molecule has 12 heteroatoms. The monoisotopic (exact) mass is 817 g/mol. The first-order valence-corrected chi connectivity index (χ1v) is 22.1. The van der Waals surface area contributed by atoms with Gasteiger partial charge in [-0.25, -0.2) is 4.57 Å². The van der Waals surface area contributed by atoms with Crippen molar-refractivity contribution in [1.82, 2.24) is 0 Å². The van der Waals surface area contributed by atoms with Crippen LogP contribution >= 0.6 is 7.82 Å². The number of aliphatic hydroxyl groups excluding tert-OH is 2. The molecule has 57 heavy (non-hydrogen) atoms. The molecule has 0 aromatic heterocycles. The van der Waals surface area contributed by atoms with E-state index in [-0.39, 0.29) is 32.6 Å². The molecular weight excluding hydrogens is 745 g/mol. The van der Waals surface area contributed by atoms with E-state index in [1.807, 2.05) is 42.5 Å². The lowest BCUT2D eigenvalue weighted by molar-refractivity contribution is -0.161. The van der Waals surface area contributed by atoms with Crippen LogP contribution in [0.25, 0.3) is 0 Å². The topological polar surface area (TPSA) is 175 Å². The molecule has 0 aromatic carbocycles. The highest BCUT2D eigenvalue weighted by atomic mass is 31.2. The van der Waals surface area contributed by atoms with Crippen LogP contribution in [0.1, 0.15) is 117 Å². The maximum absolute atomic E-state index is 12.6. The Hall–Kier alpha value is -3.41. The quantitative estimate of drug-likeness (QED) is 0.0156. The number of hydrogen-bond acceptors (Lipinski definition) is 10. The zero-order valence-electron chi connectivity index (χ0n) is 34.5. The van der Waals surface area contributed by atoms with Crippen LogP contribution in [0.15, 0.2) is 109 Å². The largest absolute Gasteiger partial charge is 0.472 e. The molecule has 0 amide bonds. The Morgan fingerprint density at radius 2 is 1.23 bits per heavy atom. The summed E-state index contributed by atoms with van der Waals surface area (Å²) in [5.41, 5.74) is 5.33. The molecule has 0 aromatic rings. The average Bonchev–Trinajstić information content (AvgIpc) is 3.18. The van der Waals surface area contributed by atoms with Gasteiger partial charge in [0.1, 0.15) is 6.61 Å². The highest BCUT2D eigenvalue weighted by Crippen LogP contribution is 2.43. The van der Waals surface area contributed by atoms with E-state index in [9.17, 15) is 29.3 Å². The zero-order valence-corrected chi connectivity index (χ0v) is 35.4. The van der Waals surface area contributed by atoms with Crippen LogP contribution < -0.4 is 5.73 Å². The van der Waals surface area contributed by atoms with E-state index >= 15 is 0 Å². The van der Waals surface area contributed by atoms with Crippen molar-refractivity contribution >= 4 is 19.8 Å². The summed E-state index contributed by atoms with van der Waals surface area (Å²) < 4.78 is 32.6. The van der Waals surface area contributed by atoms with Crippen LogP contribution in [0.3, 0.4) is 0 Å². The molecule has 0 radical (unpaired) electrons. The minimum Gasteiger partial charge on any atom is -0.462 e. The van der Waals surface area contributed by atoms with Crippen LogP contribution in [0.4, 0.5) is 0 Å². The van der Waals surface area contributed by atoms with Crippen LogP contribution in [-0.4, -0.2) is 71.7 Å². The number of phosphoric acid groups is 1. The number of aliphatic hydroxyl groups is 2. The van der Waals surface area contributed by atoms with Crippen molar-refractivity contribution in [3.05, 3.63) is 109 Å². The Kier molecular flexibility index (Phi) is 37.1. The van der Waals surface area contributed by atoms with Gasteiger partial charge in [-0.05, 0) is 70.6 Å². The molecule has 322 valence electrons. The first kappa shape index (κ1) is 53.6. The third-order valence-corrected chi connectivity index (χ3v) is 8.81. The smallest absolute Gasteiger partial charge is 0.462 e. The van der Waals surface area contributed by atoms with E-state index in [1.165, 1.54) is 0 Å². The normalized spacial score (nSPS) is 15.5. The van der Waals surface area contributed by atoms with Crippen LogP contribution in [0, 0.1) is 0 Å². The molecule has 0 aliphatic rings. The molecule has 0 bridgehead atoms. The second-order valence-corrected chi connectivity index (χ2v) is 14.6. The van der Waals surface area contributed by atoms with Gasteiger partial charge in [-0.1, -0.05) is 142 Å². The summed E-state index contributed by atoms with van der Waals surface area (Å²) in [6.45, 7) is 3.15. The van der Waals surface area contributed by atoms with Crippen molar-refractivity contribution in [2.24, 2.45) is 5.73 Å². The van der Waals surface area contributed by atoms with E-state index in [2.05, 4.69) is 50.3 Å². The zero-order chi connectivity index (χ0) is 42.1. The van der Waals surface area contributed by atoms with Gasteiger partial charge in [0.05, 0.1) is 25.4 Å². The summed E-state index contributed by atoms with van der Waals surface area (Å²) in [7, 11) is -4.44. The maximum Gasteiger partial charge on any atom is 0.472 e. The lowest BCUT2D eigenvalue weighted by atomic mass is 10.1. The summed E-state index contributed by atoms with van der Waals surface area (Å²) >= 11 is 0. The number of nitrogens with two attached hydrogens (primary N) is 1. The molecular formula is C45H72NO10P. The van der Waals surface area contributed by atoms with Gasteiger partial charge in [0.15, 0.2) is 6.10 Å². The summed E-state index contributed by atoms with van der Waals surface area (Å²) in [4.78, 5) is 34.8. The number of carbonyl (C=O) groups is 2. The molecule has 0 spiro atoms. The second kappa shape index (κ2) is 39.4. The summed E-state index contributed by atoms with van der Waals surface area (Å²) in [6.07, 6.45) is 44.8. The minimum absolute atomic E-state index is 0.0143. The van der Waals surface area contributed by atoms with E-state index in [4.69, 9.17) is 24.3 Å². The van der Waals surface area contributed by atoms with Crippen LogP contribution in [0.5, 0.6) is 0 Å². The molecule has 4 atom stereocenters. The van der Waals surface area contributed by atoms with Gasteiger partial charge in [-0.3, -0.25) is 18.6 Å². The van der Waals surface area contributed by atoms with Gasteiger partial charge in [0.25, 0.3) is 0 Å². The molecule has 11 nitrogen and oxygen atoms in total. The molecule has 0 heterocycles. The summed E-state index contributed by atoms with van der Waals surface area (Å²) in [5, 5.41) is 20.0. The number of phosphoric ester groups is 1. The van der Waals surface area contributed by atoms with Gasteiger partial charge in [-0.15, -0.1) is 0 Å². The van der Waals surface area contributed by atoms with Crippen molar-refractivity contribution in [2.75, 3.05) is 26.4 Å². The van der Waals surface area contributed by atoms with Gasteiger partial charge in [-0.2, -0.15) is 0 Å². The van der Waals surface area contributed by atoms with Crippen molar-refractivity contribution in [3.8, 4) is 0 Å². The molecule has 0 saturated heterocycles. The second-order valence-electron chi connectivity index (χ2n) is 13.1. The van der Waals surface area contributed by atoms with Crippen LogP contribution in [-0.2, 0) is 32.7 Å². The Labute approximate surface area is 343 Å². The lowest BCUT2D eigenvalue weighted by Gasteiger charge is -2.19. The van der Waals surface area contributed by atoms with E-state index in [1.54, 1.807) is 30.4 Å². The Morgan fingerprint density at radius 3 is 1.95 bits per heavy atom. The number of allylic oxidation sites excluding steroid dienone is 14. The fourth-order valence-electron chi connectivity index (χ4n) is 4.80. The standard InChI is InChI=1S/C45H72NO10P/c1-3-5-7-8-9-10-11-12-13-14-15-16-20-23-29-36-45(50)56-43(40-55-57(51,52)54-38-37-46)39-53-44(49)35-30-24-28-34-42(48)33-27-22-19-17-18-21-26-32-41(47)31-25-6-4-2/h5-7,9-10,12-13,18-19,21-22,25-28,32-34,41-43,47-48H,3-4,8,11,14-17,20,23-24,29-31,35-40,46H2,1-2H3,(H,51,52)/b7-5-,10-9-,13-12-,21-18-,22-19-,25-6-,32-26+,33-27+,34-28-/t41-,42-,43-/m1/s1. The molecule has 0 fully saturated rings. The first-order chi connectivity index (χ1) is 27.6. The number of carbonyl (C=O) groups excluding carboxylic acids is 2. The number of ether oxygens (including phenoxy) is 2. The van der Waals surface area contributed by atoms with Gasteiger partial charge in [0, 0.05) is 19.4 Å². The predicted molar refractivity (Wildman–Crippen MR) is 231 cm³/mol. The summed E-state index contributed by atoms with van der Waals surface area (Å²) in [6, 6.07) is 0. The van der Waals surface area contributed by atoms with Gasteiger partial charge in [0.2, 0.25) is 0 Å². The van der Waals surface area contributed by atoms with Gasteiger partial charge < -0.3 is 30.3 Å². The molecule has 1 unspecified atom stereocenters. The maximum atomic E-state index is 12.6. The van der Waals surface area contributed by atoms with Crippen molar-refractivity contribution in [2.45, 2.75) is 135 Å². The fourth-order valence-corrected chi connectivity index (χ4v) is 5.56. The predicted octanol–water partition coefficient (Wildman–Crippen LogP) is 9.54. The third-order valence-electron chi connectivity index (χ3n) is 7.83. The van der Waals surface area contributed by atoms with Gasteiger partial charge >= 0.3 is 19.8 Å². The van der Waals surface area contributed by atoms with E-state index < -0.39 is 44.7 Å². The van der Waals surface area contributed by atoms with E-state index in [0.717, 1.165) is 57.8 Å². The molecule has 5 N–H and O–H groups in total. The average molecular weight is 818 g/mol. The Bertz CT molecular complexity index is 1330. The van der Waals surface area contributed by atoms with Crippen molar-refractivity contribution < 1.29 is 47.8 Å². The third kappa shape index (κ3) is 39.2. The fraction of sp³-hybridized carbons (Fsp3) is 0.556. The van der Waals surface area contributed by atoms with Crippen LogP contribution in [0.2, 0.25) is 0 Å². The highest BCUT2D eigenvalue weighted by molar-refractivity contribution is 7.47. The SMILES string of the molecule is CC/C=C\C/C=C\C/C=C\CCCCCCCC(=O)O[C@H](COC(=O)CCC/C=C\[C@H](O)/C=C/C=C\C/C=C\C=C\[C@H](O)C/C=C\CC)COP(=O)(O)OCCN. The number of hydrogen-bond donors (Lipinski definition) is 4. The number of unbranched alkanes of at least 4 members (excludes halogenated alkanes) is 6.